The number of nitrogens with one attached hydrogen (secondary N) is 1. The molecular weight excluding hydrogens is 304 g/mol. The number of nitrogens with two attached hydrogens (primary N) is 2. The molecule has 0 radical (unpaired) electrons. The molecule has 0 fully saturated rings. The van der Waals surface area contributed by atoms with Crippen LogP contribution in [0.25, 0.3) is 0 Å². The molecule has 0 aliphatic rings. The van der Waals surface area contributed by atoms with Crippen molar-refractivity contribution in [2.24, 2.45) is 0 Å². The van der Waals surface area contributed by atoms with Crippen molar-refractivity contribution in [1.29, 1.82) is 0 Å². The summed E-state index contributed by atoms with van der Waals surface area (Å²) in [6, 6.07) is 8.34. The van der Waals surface area contributed by atoms with Gasteiger partial charge in [-0.25, -0.2) is 4.98 Å². The summed E-state index contributed by atoms with van der Waals surface area (Å²) in [6.07, 6.45) is 1.64. The Hall–Kier alpha value is -2.78. The lowest BCUT2D eigenvalue weighted by Crippen LogP contribution is -2.16. The van der Waals surface area contributed by atoms with Crippen LogP contribution in [-0.2, 0) is 0 Å². The zero-order valence-electron chi connectivity index (χ0n) is 13.5. The normalized spacial score (nSPS) is 10.6. The summed E-state index contributed by atoms with van der Waals surface area (Å²) in [5.41, 5.74) is 16.8. The largest absolute Gasteiger partial charge is 0.399 e. The van der Waals surface area contributed by atoms with Crippen LogP contribution in [-0.4, -0.2) is 19.0 Å². The van der Waals surface area contributed by atoms with Gasteiger partial charge in [0.05, 0.1) is 5.56 Å². The number of hydrogen-bond acceptors (Lipinski definition) is 4. The Bertz CT molecular complexity index is 783. The van der Waals surface area contributed by atoms with Crippen molar-refractivity contribution in [2.75, 3.05) is 16.8 Å². The van der Waals surface area contributed by atoms with Crippen LogP contribution >= 0.6 is 0 Å². The molecule has 1 amide bonds. The Morgan fingerprint density at radius 3 is 2.52 bits per heavy atom. The number of carbonyl (C=O) groups is 1. The van der Waals surface area contributed by atoms with Gasteiger partial charge in [0.2, 0.25) is 0 Å². The first-order valence-electron chi connectivity index (χ1n) is 7.20. The van der Waals surface area contributed by atoms with Crippen molar-refractivity contribution in [3.8, 4) is 11.5 Å². The highest BCUT2D eigenvalue weighted by molar-refractivity contribution is 6.83. The van der Waals surface area contributed by atoms with E-state index in [4.69, 9.17) is 11.5 Å². The fourth-order valence-corrected chi connectivity index (χ4v) is 2.27. The van der Waals surface area contributed by atoms with Gasteiger partial charge < -0.3 is 16.8 Å². The highest BCUT2D eigenvalue weighted by Crippen LogP contribution is 2.17. The number of anilines is 3. The highest BCUT2D eigenvalue weighted by Gasteiger charge is 2.11. The first-order valence-corrected chi connectivity index (χ1v) is 10.7. The monoisotopic (exact) mass is 324 g/mol. The molecule has 0 aliphatic heterocycles. The summed E-state index contributed by atoms with van der Waals surface area (Å²) in [7, 11) is -1.42. The van der Waals surface area contributed by atoms with Crippen LogP contribution in [0.3, 0.4) is 0 Å². The molecule has 1 aromatic heterocycles. The van der Waals surface area contributed by atoms with E-state index in [1.807, 2.05) is 6.07 Å². The SMILES string of the molecule is C[Si](C)(C)C#Cc1ccc(NC(=O)c2cc(N)ccc2N)nc1. The fourth-order valence-electron chi connectivity index (χ4n) is 1.76. The summed E-state index contributed by atoms with van der Waals surface area (Å²) < 4.78 is 0. The number of rotatable bonds is 2. The summed E-state index contributed by atoms with van der Waals surface area (Å²) >= 11 is 0. The number of benzene rings is 1. The van der Waals surface area contributed by atoms with E-state index >= 15 is 0 Å². The molecule has 118 valence electrons. The summed E-state index contributed by atoms with van der Waals surface area (Å²) in [6.45, 7) is 6.54. The summed E-state index contributed by atoms with van der Waals surface area (Å²) in [5.74, 6) is 3.21. The number of nitrogens with zero attached hydrogens (tertiary/aromatic N) is 1. The van der Waals surface area contributed by atoms with Gasteiger partial charge in [-0.2, -0.15) is 0 Å². The Morgan fingerprint density at radius 2 is 1.91 bits per heavy atom. The van der Waals surface area contributed by atoms with E-state index in [0.29, 0.717) is 22.8 Å². The lowest BCUT2D eigenvalue weighted by atomic mass is 10.1. The molecule has 5 N–H and O–H groups in total. The third kappa shape index (κ3) is 4.87. The van der Waals surface area contributed by atoms with Crippen LogP contribution in [0.4, 0.5) is 17.2 Å². The molecule has 6 heteroatoms. The minimum absolute atomic E-state index is 0.328. The molecule has 0 aliphatic carbocycles. The van der Waals surface area contributed by atoms with Crippen LogP contribution in [0.15, 0.2) is 36.5 Å². The van der Waals surface area contributed by atoms with Gasteiger partial charge >= 0.3 is 0 Å². The number of hydrogen-bond donors (Lipinski definition) is 3. The zero-order chi connectivity index (χ0) is 17.0. The van der Waals surface area contributed by atoms with E-state index < -0.39 is 8.07 Å². The second kappa shape index (κ2) is 6.54. The number of amides is 1. The predicted octanol–water partition coefficient (Wildman–Crippen LogP) is 2.73. The van der Waals surface area contributed by atoms with Gasteiger partial charge in [0, 0.05) is 23.1 Å². The van der Waals surface area contributed by atoms with Crippen molar-refractivity contribution in [3.05, 3.63) is 47.7 Å². The third-order valence-corrected chi connectivity index (χ3v) is 3.78. The van der Waals surface area contributed by atoms with Gasteiger partial charge in [0.25, 0.3) is 5.91 Å². The van der Waals surface area contributed by atoms with Crippen LogP contribution in [0.1, 0.15) is 15.9 Å². The average Bonchev–Trinajstić information content (AvgIpc) is 2.48. The maximum absolute atomic E-state index is 12.2. The molecule has 5 nitrogen and oxygen atoms in total. The second-order valence-corrected chi connectivity index (χ2v) is 11.0. The van der Waals surface area contributed by atoms with Crippen molar-refractivity contribution in [3.63, 3.8) is 0 Å². The van der Waals surface area contributed by atoms with E-state index in [9.17, 15) is 4.79 Å². The minimum atomic E-state index is -1.42. The Morgan fingerprint density at radius 1 is 1.17 bits per heavy atom. The van der Waals surface area contributed by atoms with Gasteiger partial charge in [0.15, 0.2) is 0 Å². The van der Waals surface area contributed by atoms with E-state index in [0.717, 1.165) is 5.56 Å². The number of nitrogen functional groups attached to an aromatic ring is 2. The molecule has 0 spiro atoms. The third-order valence-electron chi connectivity index (χ3n) is 2.91. The van der Waals surface area contributed by atoms with Crippen LogP contribution in [0.5, 0.6) is 0 Å². The van der Waals surface area contributed by atoms with E-state index in [2.05, 4.69) is 41.4 Å². The lowest BCUT2D eigenvalue weighted by molar-refractivity contribution is 0.102. The number of pyridine rings is 1. The van der Waals surface area contributed by atoms with Crippen LogP contribution in [0, 0.1) is 11.5 Å². The predicted molar refractivity (Wildman–Crippen MR) is 97.7 cm³/mol. The van der Waals surface area contributed by atoms with Crippen LogP contribution in [0.2, 0.25) is 19.6 Å². The van der Waals surface area contributed by atoms with Crippen molar-refractivity contribution < 1.29 is 4.79 Å². The summed E-state index contributed by atoms with van der Waals surface area (Å²) in [4.78, 5) is 16.4. The first kappa shape index (κ1) is 16.6. The smallest absolute Gasteiger partial charge is 0.258 e. The zero-order valence-corrected chi connectivity index (χ0v) is 14.5. The Labute approximate surface area is 137 Å². The van der Waals surface area contributed by atoms with E-state index in [-0.39, 0.29) is 5.91 Å². The van der Waals surface area contributed by atoms with E-state index in [1.165, 1.54) is 0 Å². The number of carbonyl (C=O) groups excluding carboxylic acids is 1. The standard InChI is InChI=1S/C17H20N4OSi/c1-23(2,3)9-8-12-4-7-16(20-11-12)21-17(22)14-10-13(18)5-6-15(14)19/h4-7,10-11H,18-19H2,1-3H3,(H,20,21,22). The van der Waals surface area contributed by atoms with Crippen molar-refractivity contribution >= 4 is 31.2 Å². The molecule has 0 saturated carbocycles. The molecule has 0 atom stereocenters. The lowest BCUT2D eigenvalue weighted by Gasteiger charge is -2.08. The summed E-state index contributed by atoms with van der Waals surface area (Å²) in [5, 5.41) is 2.70. The minimum Gasteiger partial charge on any atom is -0.399 e. The van der Waals surface area contributed by atoms with Gasteiger partial charge in [-0.15, -0.1) is 5.54 Å². The van der Waals surface area contributed by atoms with Gasteiger partial charge in [-0.1, -0.05) is 25.6 Å². The maximum Gasteiger partial charge on any atom is 0.258 e. The van der Waals surface area contributed by atoms with Crippen molar-refractivity contribution in [2.45, 2.75) is 19.6 Å². The van der Waals surface area contributed by atoms with Crippen molar-refractivity contribution in [1.82, 2.24) is 4.98 Å². The molecule has 0 unspecified atom stereocenters. The van der Waals surface area contributed by atoms with Gasteiger partial charge in [-0.05, 0) is 30.3 Å². The molecule has 2 rings (SSSR count). The van der Waals surface area contributed by atoms with Gasteiger partial charge in [0.1, 0.15) is 13.9 Å². The molecule has 23 heavy (non-hydrogen) atoms. The maximum atomic E-state index is 12.2. The van der Waals surface area contributed by atoms with Gasteiger partial charge in [-0.3, -0.25) is 4.79 Å². The fraction of sp³-hybridized carbons (Fsp3) is 0.176. The quantitative estimate of drug-likeness (QED) is 0.450. The van der Waals surface area contributed by atoms with E-state index in [1.54, 1.807) is 30.5 Å². The second-order valence-electron chi connectivity index (χ2n) is 6.23. The molecule has 1 aromatic carbocycles. The topological polar surface area (TPSA) is 94.0 Å². The van der Waals surface area contributed by atoms with Crippen LogP contribution < -0.4 is 16.8 Å². The average molecular weight is 324 g/mol. The number of aromatic nitrogens is 1. The molecule has 2 aromatic rings. The Balaban J connectivity index is 2.13. The first-order chi connectivity index (χ1) is 10.7. The Kier molecular flexibility index (Phi) is 4.72. The molecule has 0 saturated heterocycles. The highest BCUT2D eigenvalue weighted by atomic mass is 28.3. The molecule has 1 heterocycles. The molecular formula is C17H20N4OSi. The molecule has 0 bridgehead atoms.